The molecule has 1 aliphatic carbocycles. The average molecular weight is 693 g/mol. The van der Waals surface area contributed by atoms with Crippen molar-refractivity contribution in [2.24, 2.45) is 0 Å². The molecule has 0 aliphatic heterocycles. The van der Waals surface area contributed by atoms with Gasteiger partial charge in [-0.3, -0.25) is 0 Å². The van der Waals surface area contributed by atoms with Gasteiger partial charge in [0.05, 0.1) is 4.70 Å². The van der Waals surface area contributed by atoms with Gasteiger partial charge >= 0.3 is 0 Å². The Morgan fingerprint density at radius 3 is 1.66 bits per heavy atom. The molecule has 0 saturated carbocycles. The minimum absolute atomic E-state index is 0.0676. The van der Waals surface area contributed by atoms with E-state index in [1.165, 1.54) is 102 Å². The Kier molecular flexibility index (Phi) is 5.78. The van der Waals surface area contributed by atoms with Crippen LogP contribution in [0.25, 0.3) is 108 Å². The normalized spacial score (nSPS) is 13.6. The van der Waals surface area contributed by atoms with E-state index in [9.17, 15) is 0 Å². The van der Waals surface area contributed by atoms with Gasteiger partial charge in [0.15, 0.2) is 5.58 Å². The lowest BCUT2D eigenvalue weighted by Crippen LogP contribution is -2.14. The van der Waals surface area contributed by atoms with Crippen LogP contribution in [0.5, 0.6) is 0 Å². The van der Waals surface area contributed by atoms with Gasteiger partial charge in [0, 0.05) is 31.7 Å². The molecule has 11 aromatic rings. The zero-order valence-electron chi connectivity index (χ0n) is 29.3. The SMILES string of the molecule is CC1(C)c2ccccc2-c2ccc(-c3c4ccccc4c(-c4ccc5oc6c7sc8ccccc8c7c7ccccc7c6c5c4)c4ccccc34)cc21. The topological polar surface area (TPSA) is 13.1 Å². The lowest BCUT2D eigenvalue weighted by molar-refractivity contribution is 0.660. The van der Waals surface area contributed by atoms with Crippen LogP contribution in [-0.4, -0.2) is 0 Å². The first-order valence-electron chi connectivity index (χ1n) is 18.4. The Morgan fingerprint density at radius 2 is 0.962 bits per heavy atom. The summed E-state index contributed by atoms with van der Waals surface area (Å²) in [6.07, 6.45) is 0. The molecule has 0 bridgehead atoms. The molecule has 0 fully saturated rings. The average Bonchev–Trinajstić information content (AvgIpc) is 3.85. The Balaban J connectivity index is 1.14. The van der Waals surface area contributed by atoms with Gasteiger partial charge in [-0.15, -0.1) is 11.3 Å². The standard InChI is InChI=1S/C51H32OS/c1-51(2)41-21-11-9-13-31(41)32-25-23-30(28-42(32)51)46-35-16-5-3-14-33(35)45(34-15-4-6-17-36(34)46)29-24-26-43-40(27-29)47-37-18-7-8-19-38(37)48-39-20-10-12-22-44(39)53-50(48)49(47)52-43/h3-28H,1-2H3. The molecule has 9 aromatic carbocycles. The zero-order valence-corrected chi connectivity index (χ0v) is 30.1. The second-order valence-corrected chi connectivity index (χ2v) is 16.2. The first-order chi connectivity index (χ1) is 26.1. The predicted octanol–water partition coefficient (Wildman–Crippen LogP) is 15.1. The van der Waals surface area contributed by atoms with Crippen molar-refractivity contribution in [3.05, 3.63) is 169 Å². The monoisotopic (exact) mass is 692 g/mol. The van der Waals surface area contributed by atoms with Crippen molar-refractivity contribution in [2.75, 3.05) is 0 Å². The van der Waals surface area contributed by atoms with Crippen LogP contribution < -0.4 is 0 Å². The summed E-state index contributed by atoms with van der Waals surface area (Å²) in [7, 11) is 0. The smallest absolute Gasteiger partial charge is 0.153 e. The lowest BCUT2D eigenvalue weighted by Gasteiger charge is -2.23. The van der Waals surface area contributed by atoms with Crippen LogP contribution in [0.2, 0.25) is 0 Å². The molecule has 1 aliphatic rings. The molecule has 0 radical (unpaired) electrons. The molecule has 0 atom stereocenters. The second kappa shape index (κ2) is 10.4. The molecule has 12 rings (SSSR count). The Morgan fingerprint density at radius 1 is 0.434 bits per heavy atom. The summed E-state index contributed by atoms with van der Waals surface area (Å²) < 4.78 is 9.34. The fraction of sp³-hybridized carbons (Fsp3) is 0.0588. The minimum Gasteiger partial charge on any atom is -0.455 e. The van der Waals surface area contributed by atoms with Crippen LogP contribution in [0.4, 0.5) is 0 Å². The fourth-order valence-electron chi connectivity index (χ4n) is 9.68. The summed E-state index contributed by atoms with van der Waals surface area (Å²) in [5.74, 6) is 0. The van der Waals surface area contributed by atoms with E-state index in [-0.39, 0.29) is 5.41 Å². The first kappa shape index (κ1) is 29.4. The number of thiophene rings is 1. The van der Waals surface area contributed by atoms with E-state index >= 15 is 0 Å². The number of benzene rings is 9. The lowest BCUT2D eigenvalue weighted by atomic mass is 9.80. The van der Waals surface area contributed by atoms with Gasteiger partial charge in [-0.25, -0.2) is 0 Å². The third-order valence-electron chi connectivity index (χ3n) is 12.0. The van der Waals surface area contributed by atoms with Gasteiger partial charge in [-0.1, -0.05) is 147 Å². The van der Waals surface area contributed by atoms with Crippen molar-refractivity contribution >= 4 is 85.8 Å². The molecule has 1 nitrogen and oxygen atoms in total. The highest BCUT2D eigenvalue weighted by Gasteiger charge is 2.35. The van der Waals surface area contributed by atoms with Crippen LogP contribution in [-0.2, 0) is 5.41 Å². The maximum Gasteiger partial charge on any atom is 0.153 e. The highest BCUT2D eigenvalue weighted by Crippen LogP contribution is 2.52. The number of furan rings is 1. The molecule has 248 valence electrons. The van der Waals surface area contributed by atoms with E-state index in [0.29, 0.717) is 0 Å². The van der Waals surface area contributed by atoms with Crippen LogP contribution in [0, 0.1) is 0 Å². The van der Waals surface area contributed by atoms with Gasteiger partial charge in [0.1, 0.15) is 5.58 Å². The molecule has 2 heterocycles. The third kappa shape index (κ3) is 3.86. The Labute approximate surface area is 310 Å². The zero-order chi connectivity index (χ0) is 35.0. The van der Waals surface area contributed by atoms with Crippen LogP contribution in [0.1, 0.15) is 25.0 Å². The van der Waals surface area contributed by atoms with Gasteiger partial charge in [0.2, 0.25) is 0 Å². The number of hydrogen-bond acceptors (Lipinski definition) is 2. The highest BCUT2D eigenvalue weighted by atomic mass is 32.1. The van der Waals surface area contributed by atoms with Gasteiger partial charge in [-0.2, -0.15) is 0 Å². The highest BCUT2D eigenvalue weighted by molar-refractivity contribution is 7.26. The third-order valence-corrected chi connectivity index (χ3v) is 13.2. The molecule has 0 spiro atoms. The number of rotatable bonds is 2. The van der Waals surface area contributed by atoms with E-state index in [4.69, 9.17) is 4.42 Å². The van der Waals surface area contributed by atoms with Crippen LogP contribution in [0.15, 0.2) is 162 Å². The van der Waals surface area contributed by atoms with Crippen molar-refractivity contribution < 1.29 is 4.42 Å². The molecular weight excluding hydrogens is 661 g/mol. The molecule has 0 amide bonds. The molecule has 0 unspecified atom stereocenters. The van der Waals surface area contributed by atoms with E-state index in [2.05, 4.69) is 172 Å². The first-order valence-corrected chi connectivity index (χ1v) is 19.2. The molecule has 2 aromatic heterocycles. The van der Waals surface area contributed by atoms with E-state index < -0.39 is 0 Å². The summed E-state index contributed by atoms with van der Waals surface area (Å²) in [5, 5.41) is 12.5. The number of fused-ring (bicyclic) bond motifs is 15. The molecular formula is C51H32OS. The quantitative estimate of drug-likeness (QED) is 0.164. The fourth-order valence-corrected chi connectivity index (χ4v) is 10.9. The van der Waals surface area contributed by atoms with Gasteiger partial charge in [-0.05, 0) is 101 Å². The van der Waals surface area contributed by atoms with E-state index in [1.54, 1.807) is 0 Å². The van der Waals surface area contributed by atoms with Crippen LogP contribution >= 0.6 is 11.3 Å². The van der Waals surface area contributed by atoms with Crippen molar-refractivity contribution in [2.45, 2.75) is 19.3 Å². The van der Waals surface area contributed by atoms with Gasteiger partial charge in [0.25, 0.3) is 0 Å². The summed E-state index contributed by atoms with van der Waals surface area (Å²) >= 11 is 1.83. The predicted molar refractivity (Wildman–Crippen MR) is 228 cm³/mol. The van der Waals surface area contributed by atoms with Crippen molar-refractivity contribution in [1.82, 2.24) is 0 Å². The van der Waals surface area contributed by atoms with E-state index in [1.807, 2.05) is 11.3 Å². The van der Waals surface area contributed by atoms with Crippen molar-refractivity contribution in [3.63, 3.8) is 0 Å². The maximum absolute atomic E-state index is 6.83. The van der Waals surface area contributed by atoms with Gasteiger partial charge < -0.3 is 4.42 Å². The summed E-state index contributed by atoms with van der Waals surface area (Å²) in [6.45, 7) is 4.73. The second-order valence-electron chi connectivity index (χ2n) is 15.1. The Hall–Kier alpha value is -6.22. The summed E-state index contributed by atoms with van der Waals surface area (Å²) in [4.78, 5) is 0. The van der Waals surface area contributed by atoms with E-state index in [0.717, 1.165) is 16.6 Å². The summed E-state index contributed by atoms with van der Waals surface area (Å²) in [5.41, 5.74) is 12.4. The van der Waals surface area contributed by atoms with Crippen molar-refractivity contribution in [3.8, 4) is 33.4 Å². The minimum atomic E-state index is -0.0676. The summed E-state index contributed by atoms with van der Waals surface area (Å²) in [6, 6.07) is 58.5. The molecule has 53 heavy (non-hydrogen) atoms. The van der Waals surface area contributed by atoms with Crippen LogP contribution in [0.3, 0.4) is 0 Å². The molecule has 2 heteroatoms. The molecule has 0 saturated heterocycles. The number of hydrogen-bond donors (Lipinski definition) is 0. The Bertz CT molecular complexity index is 3320. The maximum atomic E-state index is 6.83. The van der Waals surface area contributed by atoms with Crippen molar-refractivity contribution in [1.29, 1.82) is 0 Å². The molecule has 0 N–H and O–H groups in total. The largest absolute Gasteiger partial charge is 0.455 e.